The molecule has 4 nitrogen and oxygen atoms in total. The van der Waals surface area contributed by atoms with E-state index in [4.69, 9.17) is 20.7 Å². The summed E-state index contributed by atoms with van der Waals surface area (Å²) in [6.07, 6.45) is 13.0. The Hall–Kier alpha value is -6.13. The summed E-state index contributed by atoms with van der Waals surface area (Å²) in [6.45, 7) is 4.46. The minimum Gasteiger partial charge on any atom is -0.396 e. The number of hydrogen-bond donors (Lipinski definition) is 1. The Bertz CT molecular complexity index is 2210. The highest BCUT2D eigenvalue weighted by atomic mass is 14.8. The molecule has 6 aromatic rings. The van der Waals surface area contributed by atoms with Gasteiger partial charge in [0.15, 0.2) is 0 Å². The molecule has 47 heavy (non-hydrogen) atoms. The van der Waals surface area contributed by atoms with Crippen LogP contribution in [0.4, 0.5) is 5.69 Å². The fourth-order valence-corrected chi connectivity index (χ4v) is 5.88. The third-order valence-electron chi connectivity index (χ3n) is 8.30. The number of benzene rings is 4. The molecule has 0 unspecified atom stereocenters. The highest BCUT2D eigenvalue weighted by molar-refractivity contribution is 6.17. The summed E-state index contributed by atoms with van der Waals surface area (Å²) in [5, 5.41) is 1.03. The molecule has 0 spiro atoms. The Kier molecular flexibility index (Phi) is 8.48. The van der Waals surface area contributed by atoms with Crippen LogP contribution in [0.5, 0.6) is 0 Å². The van der Waals surface area contributed by atoms with Crippen LogP contribution in [0.3, 0.4) is 0 Å². The van der Waals surface area contributed by atoms with Crippen molar-refractivity contribution >= 4 is 34.5 Å². The highest BCUT2D eigenvalue weighted by Crippen LogP contribution is 2.29. The van der Waals surface area contributed by atoms with Crippen LogP contribution >= 0.6 is 0 Å². The molecule has 4 aromatic carbocycles. The van der Waals surface area contributed by atoms with Crippen molar-refractivity contribution in [3.05, 3.63) is 186 Å². The predicted molar refractivity (Wildman–Crippen MR) is 198 cm³/mol. The minimum absolute atomic E-state index is 0.541. The monoisotopic (exact) mass is 606 g/mol. The van der Waals surface area contributed by atoms with E-state index in [0.29, 0.717) is 12.2 Å². The van der Waals surface area contributed by atoms with E-state index < -0.39 is 0 Å². The molecule has 0 atom stereocenters. The first-order valence-corrected chi connectivity index (χ1v) is 15.8. The van der Waals surface area contributed by atoms with E-state index >= 15 is 0 Å². The number of anilines is 1. The number of aliphatic imine (C=N–C) groups is 1. The van der Waals surface area contributed by atoms with E-state index in [1.807, 2.05) is 48.5 Å². The van der Waals surface area contributed by atoms with Gasteiger partial charge in [-0.2, -0.15) is 0 Å². The van der Waals surface area contributed by atoms with E-state index in [2.05, 4.69) is 110 Å². The van der Waals surface area contributed by atoms with Gasteiger partial charge in [-0.1, -0.05) is 152 Å². The number of pyridine rings is 2. The molecule has 1 aliphatic rings. The smallest absolute Gasteiger partial charge is 0.0967 e. The fourth-order valence-electron chi connectivity index (χ4n) is 5.88. The first kappa shape index (κ1) is 29.6. The van der Waals surface area contributed by atoms with Crippen molar-refractivity contribution in [1.29, 1.82) is 0 Å². The fraction of sp³-hybridized carbons (Fsp3) is 0.0465. The maximum absolute atomic E-state index is 6.64. The lowest BCUT2D eigenvalue weighted by Gasteiger charge is -2.17. The minimum atomic E-state index is 0.541. The van der Waals surface area contributed by atoms with Gasteiger partial charge in [-0.05, 0) is 35.2 Å². The third-order valence-corrected chi connectivity index (χ3v) is 8.30. The zero-order valence-corrected chi connectivity index (χ0v) is 26.1. The Morgan fingerprint density at radius 2 is 1.40 bits per heavy atom. The topological polar surface area (TPSA) is 64.2 Å². The number of nitrogens with two attached hydrogens (primary N) is 1. The maximum atomic E-state index is 6.64. The molecule has 0 saturated carbocycles. The largest absolute Gasteiger partial charge is 0.396 e. The van der Waals surface area contributed by atoms with E-state index in [1.54, 1.807) is 6.08 Å². The van der Waals surface area contributed by atoms with Crippen LogP contribution in [0.15, 0.2) is 163 Å². The molecule has 2 N–H and O–H groups in total. The SMILES string of the molecule is C=C/C=C1/C=Cc2ccc(-c3ccccc3)nc2C1=NCc1cccc(C/C=C\c2ccc3ccc(-c4ccccc4)nc3c2N)c1. The average molecular weight is 607 g/mol. The molecule has 2 heterocycles. The second-order valence-corrected chi connectivity index (χ2v) is 11.5. The maximum Gasteiger partial charge on any atom is 0.0967 e. The molecule has 226 valence electrons. The van der Waals surface area contributed by atoms with E-state index in [0.717, 1.165) is 73.5 Å². The molecule has 0 saturated heterocycles. The summed E-state index contributed by atoms with van der Waals surface area (Å²) in [5.41, 5.74) is 19.3. The molecule has 2 aromatic heterocycles. The second-order valence-electron chi connectivity index (χ2n) is 11.5. The van der Waals surface area contributed by atoms with Gasteiger partial charge in [0, 0.05) is 27.6 Å². The van der Waals surface area contributed by atoms with Gasteiger partial charge in [0.05, 0.1) is 40.5 Å². The van der Waals surface area contributed by atoms with Crippen LogP contribution in [0.1, 0.15) is 27.9 Å². The van der Waals surface area contributed by atoms with Crippen LogP contribution in [0.2, 0.25) is 0 Å². The van der Waals surface area contributed by atoms with Gasteiger partial charge in [0.25, 0.3) is 0 Å². The zero-order valence-electron chi connectivity index (χ0n) is 26.1. The lowest BCUT2D eigenvalue weighted by Crippen LogP contribution is -2.13. The zero-order chi connectivity index (χ0) is 32.0. The average Bonchev–Trinajstić information content (AvgIpc) is 3.13. The standard InChI is InChI=1S/C43H34N4/c1-2-11-35-22-23-37-25-27-39(33-17-7-4-8-18-33)47-43(37)42(35)45-29-31-14-9-12-30(28-31)13-10-19-34-20-21-36-24-26-38(46-41(36)40(34)44)32-15-5-3-6-16-32/h2-12,14-28H,1,13,29,44H2/b19-10-,35-11-,45-42?. The van der Waals surface area contributed by atoms with Crippen LogP contribution in [-0.2, 0) is 13.0 Å². The second kappa shape index (κ2) is 13.5. The first-order chi connectivity index (χ1) is 23.2. The Morgan fingerprint density at radius 1 is 0.702 bits per heavy atom. The quantitative estimate of drug-likeness (QED) is 0.175. The number of allylic oxidation sites excluding steroid dienone is 5. The van der Waals surface area contributed by atoms with Crippen molar-refractivity contribution in [2.45, 2.75) is 13.0 Å². The molecule has 7 rings (SSSR count). The summed E-state index contributed by atoms with van der Waals surface area (Å²) < 4.78 is 0. The van der Waals surface area contributed by atoms with Gasteiger partial charge in [0.2, 0.25) is 0 Å². The molecule has 0 fully saturated rings. The van der Waals surface area contributed by atoms with Crippen molar-refractivity contribution in [1.82, 2.24) is 9.97 Å². The van der Waals surface area contributed by atoms with Gasteiger partial charge in [0.1, 0.15) is 0 Å². The summed E-state index contributed by atoms with van der Waals surface area (Å²) in [7, 11) is 0. The summed E-state index contributed by atoms with van der Waals surface area (Å²) >= 11 is 0. The van der Waals surface area contributed by atoms with Gasteiger partial charge >= 0.3 is 0 Å². The first-order valence-electron chi connectivity index (χ1n) is 15.8. The molecular weight excluding hydrogens is 573 g/mol. The number of nitrogen functional groups attached to an aromatic ring is 1. The molecule has 1 aliphatic carbocycles. The molecule has 0 amide bonds. The summed E-state index contributed by atoms with van der Waals surface area (Å²) in [5.74, 6) is 0. The molecule has 4 heteroatoms. The molecule has 0 aliphatic heterocycles. The number of rotatable bonds is 8. The van der Waals surface area contributed by atoms with Gasteiger partial charge in [-0.25, -0.2) is 9.97 Å². The normalized spacial score (nSPS) is 14.2. The highest BCUT2D eigenvalue weighted by Gasteiger charge is 2.18. The predicted octanol–water partition coefficient (Wildman–Crippen LogP) is 9.93. The van der Waals surface area contributed by atoms with Crippen LogP contribution in [-0.4, -0.2) is 15.7 Å². The van der Waals surface area contributed by atoms with Crippen molar-refractivity contribution in [3.8, 4) is 22.5 Å². The van der Waals surface area contributed by atoms with E-state index in [9.17, 15) is 0 Å². The number of hydrogen-bond acceptors (Lipinski definition) is 4. The van der Waals surface area contributed by atoms with E-state index in [-0.39, 0.29) is 0 Å². The number of aromatic nitrogens is 2. The van der Waals surface area contributed by atoms with Gasteiger partial charge < -0.3 is 5.73 Å². The van der Waals surface area contributed by atoms with Crippen molar-refractivity contribution in [2.24, 2.45) is 4.99 Å². The lowest BCUT2D eigenvalue weighted by molar-refractivity contribution is 1.05. The van der Waals surface area contributed by atoms with Gasteiger partial charge in [-0.15, -0.1) is 0 Å². The van der Waals surface area contributed by atoms with Crippen molar-refractivity contribution < 1.29 is 0 Å². The van der Waals surface area contributed by atoms with Crippen molar-refractivity contribution in [2.75, 3.05) is 5.73 Å². The Labute approximate surface area is 275 Å². The molecule has 0 bridgehead atoms. The lowest BCUT2D eigenvalue weighted by atomic mass is 9.94. The number of nitrogens with zero attached hydrogens (tertiary/aromatic N) is 3. The van der Waals surface area contributed by atoms with E-state index in [1.165, 1.54) is 5.56 Å². The molecular formula is C43H34N4. The van der Waals surface area contributed by atoms with Crippen molar-refractivity contribution in [3.63, 3.8) is 0 Å². The van der Waals surface area contributed by atoms with Crippen LogP contribution < -0.4 is 5.73 Å². The summed E-state index contributed by atoms with van der Waals surface area (Å²) in [6, 6.07) is 41.5. The summed E-state index contributed by atoms with van der Waals surface area (Å²) in [4.78, 5) is 15.1. The Morgan fingerprint density at radius 3 is 2.17 bits per heavy atom. The number of fused-ring (bicyclic) bond motifs is 2. The van der Waals surface area contributed by atoms with Crippen LogP contribution in [0, 0.1) is 0 Å². The van der Waals surface area contributed by atoms with Gasteiger partial charge in [-0.3, -0.25) is 4.99 Å². The third kappa shape index (κ3) is 6.49. The molecule has 0 radical (unpaired) electrons. The van der Waals surface area contributed by atoms with Crippen LogP contribution in [0.25, 0.3) is 45.6 Å². The Balaban J connectivity index is 1.11.